The number of hydrogen-bond acceptors (Lipinski definition) is 1. The van der Waals surface area contributed by atoms with Gasteiger partial charge in [0, 0.05) is 13.1 Å². The monoisotopic (exact) mass is 237 g/mol. The fourth-order valence-corrected chi connectivity index (χ4v) is 2.89. The summed E-state index contributed by atoms with van der Waals surface area (Å²) in [6.45, 7) is 4.31. The van der Waals surface area contributed by atoms with E-state index in [4.69, 9.17) is 5.73 Å². The Labute approximate surface area is 105 Å². The lowest BCUT2D eigenvalue weighted by Gasteiger charge is -2.29. The highest BCUT2D eigenvalue weighted by atomic mass is 15.1. The highest BCUT2D eigenvalue weighted by Crippen LogP contribution is 2.29. The molecule has 0 radical (unpaired) electrons. The lowest BCUT2D eigenvalue weighted by molar-refractivity contribution is 0.256. The number of guanidine groups is 1. The predicted molar refractivity (Wildman–Crippen MR) is 73.0 cm³/mol. The van der Waals surface area contributed by atoms with Crippen molar-refractivity contribution < 1.29 is 0 Å². The van der Waals surface area contributed by atoms with Gasteiger partial charge in [0.05, 0.1) is 0 Å². The van der Waals surface area contributed by atoms with E-state index in [1.54, 1.807) is 0 Å². The van der Waals surface area contributed by atoms with Crippen LogP contribution in [0.4, 0.5) is 0 Å². The molecule has 98 valence electrons. The molecule has 0 aromatic carbocycles. The number of nitrogens with two attached hydrogens (primary N) is 1. The molecule has 0 aliphatic heterocycles. The number of nitrogens with one attached hydrogen (secondary N) is 1. The van der Waals surface area contributed by atoms with Crippen molar-refractivity contribution in [3.8, 4) is 0 Å². The molecule has 0 aromatic heterocycles. The van der Waals surface area contributed by atoms with Gasteiger partial charge in [-0.3, -0.25) is 4.99 Å². The fraction of sp³-hybridized carbons (Fsp3) is 0.929. The second-order valence-electron chi connectivity index (χ2n) is 5.93. The van der Waals surface area contributed by atoms with Crippen molar-refractivity contribution in [2.24, 2.45) is 28.5 Å². The Morgan fingerprint density at radius 1 is 1.18 bits per heavy atom. The van der Waals surface area contributed by atoms with Gasteiger partial charge in [0.2, 0.25) is 0 Å². The number of aliphatic imine (C=N–C) groups is 1. The minimum atomic E-state index is 0.662. The maximum atomic E-state index is 5.90. The van der Waals surface area contributed by atoms with Gasteiger partial charge in [-0.25, -0.2) is 0 Å². The van der Waals surface area contributed by atoms with Crippen LogP contribution < -0.4 is 11.1 Å². The first-order valence-corrected chi connectivity index (χ1v) is 7.29. The van der Waals surface area contributed by atoms with Crippen LogP contribution in [0.25, 0.3) is 0 Å². The van der Waals surface area contributed by atoms with E-state index in [0.717, 1.165) is 30.8 Å². The smallest absolute Gasteiger partial charge is 0.188 e. The minimum absolute atomic E-state index is 0.662. The van der Waals surface area contributed by atoms with Crippen molar-refractivity contribution in [2.75, 3.05) is 13.1 Å². The molecule has 0 heterocycles. The first-order valence-electron chi connectivity index (χ1n) is 7.29. The van der Waals surface area contributed by atoms with Gasteiger partial charge in [-0.1, -0.05) is 32.6 Å². The van der Waals surface area contributed by atoms with Crippen LogP contribution in [-0.4, -0.2) is 19.0 Å². The Balaban J connectivity index is 1.65. The van der Waals surface area contributed by atoms with E-state index in [1.165, 1.54) is 44.9 Å². The third-order valence-electron chi connectivity index (χ3n) is 4.58. The molecule has 3 nitrogen and oxygen atoms in total. The Morgan fingerprint density at radius 3 is 2.59 bits per heavy atom. The molecule has 0 bridgehead atoms. The molecule has 2 fully saturated rings. The highest BCUT2D eigenvalue weighted by molar-refractivity contribution is 5.77. The summed E-state index contributed by atoms with van der Waals surface area (Å²) >= 11 is 0. The molecular weight excluding hydrogens is 210 g/mol. The molecule has 0 amide bonds. The van der Waals surface area contributed by atoms with Crippen molar-refractivity contribution in [3.63, 3.8) is 0 Å². The first kappa shape index (κ1) is 12.7. The first-order chi connectivity index (χ1) is 8.25. The summed E-state index contributed by atoms with van der Waals surface area (Å²) < 4.78 is 0. The van der Waals surface area contributed by atoms with E-state index in [0.29, 0.717) is 5.96 Å². The maximum absolute atomic E-state index is 5.90. The van der Waals surface area contributed by atoms with Gasteiger partial charge in [-0.05, 0) is 37.0 Å². The third-order valence-corrected chi connectivity index (χ3v) is 4.58. The zero-order chi connectivity index (χ0) is 12.1. The summed E-state index contributed by atoms with van der Waals surface area (Å²) in [4.78, 5) is 4.44. The summed E-state index contributed by atoms with van der Waals surface area (Å²) in [7, 11) is 0. The molecule has 0 aromatic rings. The van der Waals surface area contributed by atoms with Crippen LogP contribution in [0.3, 0.4) is 0 Å². The van der Waals surface area contributed by atoms with Crippen LogP contribution >= 0.6 is 0 Å². The van der Waals surface area contributed by atoms with Crippen LogP contribution in [0.15, 0.2) is 4.99 Å². The van der Waals surface area contributed by atoms with Gasteiger partial charge in [0.15, 0.2) is 5.96 Å². The Hall–Kier alpha value is -0.730. The molecule has 3 N–H and O–H groups in total. The maximum Gasteiger partial charge on any atom is 0.188 e. The van der Waals surface area contributed by atoms with Crippen molar-refractivity contribution >= 4 is 5.96 Å². The summed E-state index contributed by atoms with van der Waals surface area (Å²) in [6, 6.07) is 0. The topological polar surface area (TPSA) is 50.4 Å². The average Bonchev–Trinajstić information content (AvgIpc) is 2.26. The minimum Gasteiger partial charge on any atom is -0.370 e. The van der Waals surface area contributed by atoms with E-state index in [-0.39, 0.29) is 0 Å². The molecule has 0 saturated heterocycles. The van der Waals surface area contributed by atoms with Gasteiger partial charge >= 0.3 is 0 Å². The van der Waals surface area contributed by atoms with Gasteiger partial charge in [-0.15, -0.1) is 0 Å². The SMILES string of the molecule is CC1CCCCC1CNC(N)=NCC1CCC1. The number of hydrogen-bond donors (Lipinski definition) is 2. The van der Waals surface area contributed by atoms with Crippen LogP contribution in [0, 0.1) is 17.8 Å². The lowest BCUT2D eigenvalue weighted by Crippen LogP contribution is -2.38. The van der Waals surface area contributed by atoms with Gasteiger partial charge in [0.25, 0.3) is 0 Å². The standard InChI is InChI=1S/C14H27N3/c1-11-5-2-3-8-13(11)10-17-14(15)16-9-12-6-4-7-12/h11-13H,2-10H2,1H3,(H3,15,16,17). The van der Waals surface area contributed by atoms with Crippen LogP contribution in [0.5, 0.6) is 0 Å². The van der Waals surface area contributed by atoms with Gasteiger partial charge in [0.1, 0.15) is 0 Å². The predicted octanol–water partition coefficient (Wildman–Crippen LogP) is 2.52. The van der Waals surface area contributed by atoms with Crippen LogP contribution in [0.2, 0.25) is 0 Å². The highest BCUT2D eigenvalue weighted by Gasteiger charge is 2.21. The summed E-state index contributed by atoms with van der Waals surface area (Å²) in [5.41, 5.74) is 5.90. The third kappa shape index (κ3) is 3.90. The van der Waals surface area contributed by atoms with Gasteiger partial charge in [-0.2, -0.15) is 0 Å². The summed E-state index contributed by atoms with van der Waals surface area (Å²) in [5, 5.41) is 3.31. The molecular formula is C14H27N3. The summed E-state index contributed by atoms with van der Waals surface area (Å²) in [6.07, 6.45) is 9.59. The number of rotatable bonds is 4. The Kier molecular flexibility index (Phi) is 4.69. The van der Waals surface area contributed by atoms with Crippen molar-refractivity contribution in [3.05, 3.63) is 0 Å². The van der Waals surface area contributed by atoms with E-state index in [2.05, 4.69) is 17.2 Å². The fourth-order valence-electron chi connectivity index (χ4n) is 2.89. The van der Waals surface area contributed by atoms with Gasteiger partial charge < -0.3 is 11.1 Å². The normalized spacial score (nSPS) is 31.0. The van der Waals surface area contributed by atoms with E-state index >= 15 is 0 Å². The number of nitrogens with zero attached hydrogens (tertiary/aromatic N) is 1. The molecule has 2 saturated carbocycles. The van der Waals surface area contributed by atoms with Crippen molar-refractivity contribution in [1.82, 2.24) is 5.32 Å². The average molecular weight is 237 g/mol. The molecule has 2 unspecified atom stereocenters. The van der Waals surface area contributed by atoms with Crippen LogP contribution in [-0.2, 0) is 0 Å². The summed E-state index contributed by atoms with van der Waals surface area (Å²) in [5.74, 6) is 3.11. The molecule has 2 aliphatic rings. The second-order valence-corrected chi connectivity index (χ2v) is 5.93. The van der Waals surface area contributed by atoms with E-state index in [1.807, 2.05) is 0 Å². The quantitative estimate of drug-likeness (QED) is 0.583. The molecule has 0 spiro atoms. The van der Waals surface area contributed by atoms with Crippen molar-refractivity contribution in [2.45, 2.75) is 51.9 Å². The Bertz CT molecular complexity index is 258. The van der Waals surface area contributed by atoms with E-state index < -0.39 is 0 Å². The molecule has 3 heteroatoms. The van der Waals surface area contributed by atoms with E-state index in [9.17, 15) is 0 Å². The molecule has 17 heavy (non-hydrogen) atoms. The van der Waals surface area contributed by atoms with Crippen molar-refractivity contribution in [1.29, 1.82) is 0 Å². The molecule has 2 atom stereocenters. The Morgan fingerprint density at radius 2 is 1.94 bits per heavy atom. The second kappa shape index (κ2) is 6.27. The lowest BCUT2D eigenvalue weighted by atomic mass is 9.80. The molecule has 2 rings (SSSR count). The largest absolute Gasteiger partial charge is 0.370 e. The zero-order valence-corrected chi connectivity index (χ0v) is 11.1. The molecule has 2 aliphatic carbocycles. The van der Waals surface area contributed by atoms with Crippen LogP contribution in [0.1, 0.15) is 51.9 Å². The zero-order valence-electron chi connectivity index (χ0n) is 11.1.